The van der Waals surface area contributed by atoms with Gasteiger partial charge < -0.3 is 4.55 Å². The van der Waals surface area contributed by atoms with Crippen molar-refractivity contribution in [2.45, 2.75) is 18.0 Å². The van der Waals surface area contributed by atoms with Crippen molar-refractivity contribution in [3.63, 3.8) is 0 Å². The third-order valence-electron chi connectivity index (χ3n) is 2.68. The van der Waals surface area contributed by atoms with E-state index in [4.69, 9.17) is 5.26 Å². The van der Waals surface area contributed by atoms with Gasteiger partial charge in [-0.05, 0) is 13.0 Å². The van der Waals surface area contributed by atoms with E-state index in [-0.39, 0.29) is 16.3 Å². The van der Waals surface area contributed by atoms with Gasteiger partial charge in [-0.25, -0.2) is 14.1 Å². The third kappa shape index (κ3) is 3.20. The van der Waals surface area contributed by atoms with Gasteiger partial charge in [0.05, 0.1) is 0 Å². The van der Waals surface area contributed by atoms with Crippen molar-refractivity contribution in [2.24, 2.45) is 0 Å². The van der Waals surface area contributed by atoms with Crippen LogP contribution >= 0.6 is 0 Å². The molecule has 2 rings (SSSR count). The van der Waals surface area contributed by atoms with Gasteiger partial charge in [-0.3, -0.25) is 0 Å². The molecule has 0 saturated carbocycles. The van der Waals surface area contributed by atoms with E-state index in [0.29, 0.717) is 16.6 Å². The maximum atomic E-state index is 13.9. The second-order valence-electron chi connectivity index (χ2n) is 4.23. The highest BCUT2D eigenvalue weighted by molar-refractivity contribution is 7.91. The van der Waals surface area contributed by atoms with Gasteiger partial charge in [0.25, 0.3) is 5.82 Å². The lowest BCUT2D eigenvalue weighted by Gasteiger charge is -2.12. The molecule has 0 saturated heterocycles. The van der Waals surface area contributed by atoms with E-state index in [1.165, 1.54) is 6.92 Å². The Hall–Kier alpha value is -2.12. The molecule has 0 amide bonds. The molecule has 1 heterocycles. The van der Waals surface area contributed by atoms with Crippen molar-refractivity contribution in [1.82, 2.24) is 14.8 Å². The molecule has 116 valence electrons. The number of aromatic nitrogens is 3. The third-order valence-corrected chi connectivity index (χ3v) is 4.00. The highest BCUT2D eigenvalue weighted by Gasteiger charge is 2.36. The lowest BCUT2D eigenvalue weighted by atomic mass is 10.2. The SMILES string of the molecule is Cc1cc(F)c(-n2cnc(C(F)(F)F)n2)cc1[S+]([O-])CC#N. The molecule has 0 aliphatic rings. The average molecular weight is 332 g/mol. The maximum Gasteiger partial charge on any atom is 0.453 e. The first-order valence-corrected chi connectivity index (χ1v) is 7.10. The summed E-state index contributed by atoms with van der Waals surface area (Å²) in [6.07, 6.45) is -4.04. The smallest absolute Gasteiger partial charge is 0.453 e. The van der Waals surface area contributed by atoms with Crippen molar-refractivity contribution in [3.8, 4) is 11.8 Å². The molecule has 1 aromatic heterocycles. The molecular weight excluding hydrogens is 324 g/mol. The van der Waals surface area contributed by atoms with Gasteiger partial charge >= 0.3 is 6.18 Å². The van der Waals surface area contributed by atoms with E-state index in [1.54, 1.807) is 6.07 Å². The lowest BCUT2D eigenvalue weighted by Crippen LogP contribution is -2.11. The zero-order valence-electron chi connectivity index (χ0n) is 11.1. The summed E-state index contributed by atoms with van der Waals surface area (Å²) < 4.78 is 63.8. The zero-order chi connectivity index (χ0) is 16.5. The van der Waals surface area contributed by atoms with E-state index in [2.05, 4.69) is 10.1 Å². The van der Waals surface area contributed by atoms with Gasteiger partial charge in [-0.1, -0.05) is 0 Å². The minimum Gasteiger partial charge on any atom is -0.611 e. The second kappa shape index (κ2) is 5.94. The molecule has 1 atom stereocenters. The number of nitriles is 1. The molecule has 0 fully saturated rings. The molecular formula is C12H8F4N4OS. The van der Waals surface area contributed by atoms with Crippen LogP contribution in [0.2, 0.25) is 0 Å². The fourth-order valence-electron chi connectivity index (χ4n) is 1.71. The Kier molecular flexibility index (Phi) is 4.39. The van der Waals surface area contributed by atoms with Crippen LogP contribution in [0.3, 0.4) is 0 Å². The molecule has 1 unspecified atom stereocenters. The van der Waals surface area contributed by atoms with Crippen LogP contribution in [-0.4, -0.2) is 25.1 Å². The molecule has 0 aliphatic heterocycles. The normalized spacial score (nSPS) is 13.0. The van der Waals surface area contributed by atoms with E-state index < -0.39 is 29.0 Å². The maximum absolute atomic E-state index is 13.9. The molecule has 0 radical (unpaired) electrons. The van der Waals surface area contributed by atoms with E-state index >= 15 is 0 Å². The number of hydrogen-bond donors (Lipinski definition) is 0. The van der Waals surface area contributed by atoms with Crippen molar-refractivity contribution in [3.05, 3.63) is 35.7 Å². The van der Waals surface area contributed by atoms with Crippen LogP contribution in [0.5, 0.6) is 0 Å². The first-order valence-electron chi connectivity index (χ1n) is 5.78. The summed E-state index contributed by atoms with van der Waals surface area (Å²) in [7, 11) is 0. The largest absolute Gasteiger partial charge is 0.611 e. The summed E-state index contributed by atoms with van der Waals surface area (Å²) in [5.41, 5.74) is 0.000818. The summed E-state index contributed by atoms with van der Waals surface area (Å²) in [5.74, 6) is -2.56. The highest BCUT2D eigenvalue weighted by Crippen LogP contribution is 2.27. The summed E-state index contributed by atoms with van der Waals surface area (Å²) in [6, 6.07) is 3.84. The van der Waals surface area contributed by atoms with Crippen LogP contribution in [0.25, 0.3) is 5.69 Å². The van der Waals surface area contributed by atoms with Crippen molar-refractivity contribution < 1.29 is 22.1 Å². The first-order chi connectivity index (χ1) is 10.2. The number of alkyl halides is 3. The molecule has 0 N–H and O–H groups in total. The number of nitrogens with zero attached hydrogens (tertiary/aromatic N) is 4. The van der Waals surface area contributed by atoms with Gasteiger partial charge in [0.15, 0.2) is 10.6 Å². The van der Waals surface area contributed by atoms with Gasteiger partial charge in [0.2, 0.25) is 0 Å². The number of hydrogen-bond acceptors (Lipinski definition) is 4. The number of aryl methyl sites for hydroxylation is 1. The van der Waals surface area contributed by atoms with Gasteiger partial charge in [-0.15, -0.1) is 5.10 Å². The van der Waals surface area contributed by atoms with E-state index in [0.717, 1.165) is 12.1 Å². The molecule has 0 aliphatic carbocycles. The fourth-order valence-corrected chi connectivity index (χ4v) is 2.64. The van der Waals surface area contributed by atoms with Crippen LogP contribution in [0.4, 0.5) is 17.6 Å². The summed E-state index contributed by atoms with van der Waals surface area (Å²) in [4.78, 5) is 3.22. The number of rotatable bonds is 3. The molecule has 5 nitrogen and oxygen atoms in total. The Morgan fingerprint density at radius 1 is 1.41 bits per heavy atom. The van der Waals surface area contributed by atoms with Gasteiger partial charge in [0.1, 0.15) is 23.9 Å². The minimum absolute atomic E-state index is 0.155. The van der Waals surface area contributed by atoms with E-state index in [1.807, 2.05) is 0 Å². The minimum atomic E-state index is -4.75. The van der Waals surface area contributed by atoms with Gasteiger partial charge in [-0.2, -0.15) is 18.4 Å². The quantitative estimate of drug-likeness (QED) is 0.638. The van der Waals surface area contributed by atoms with Crippen LogP contribution < -0.4 is 0 Å². The monoisotopic (exact) mass is 332 g/mol. The summed E-state index contributed by atoms with van der Waals surface area (Å²) >= 11 is -1.71. The number of benzene rings is 1. The highest BCUT2D eigenvalue weighted by atomic mass is 32.2. The Balaban J connectivity index is 2.49. The van der Waals surface area contributed by atoms with Crippen molar-refractivity contribution >= 4 is 11.2 Å². The molecule has 2 aromatic rings. The van der Waals surface area contributed by atoms with Crippen LogP contribution in [0.15, 0.2) is 23.4 Å². The summed E-state index contributed by atoms with van der Waals surface area (Å²) in [5, 5.41) is 11.7. The Bertz CT molecular complexity index is 738. The van der Waals surface area contributed by atoms with Crippen LogP contribution in [0.1, 0.15) is 11.4 Å². The van der Waals surface area contributed by atoms with Crippen molar-refractivity contribution in [2.75, 3.05) is 5.75 Å². The van der Waals surface area contributed by atoms with Crippen LogP contribution in [-0.2, 0) is 17.4 Å². The second-order valence-corrected chi connectivity index (χ2v) is 5.65. The molecule has 0 spiro atoms. The zero-order valence-corrected chi connectivity index (χ0v) is 11.9. The fraction of sp³-hybridized carbons (Fsp3) is 0.250. The Morgan fingerprint density at radius 2 is 2.09 bits per heavy atom. The number of halogens is 4. The molecule has 0 bridgehead atoms. The average Bonchev–Trinajstić information content (AvgIpc) is 2.88. The Morgan fingerprint density at radius 3 is 2.64 bits per heavy atom. The molecule has 22 heavy (non-hydrogen) atoms. The Labute approximate surface area is 125 Å². The van der Waals surface area contributed by atoms with Gasteiger partial charge in [0, 0.05) is 22.8 Å². The lowest BCUT2D eigenvalue weighted by molar-refractivity contribution is -0.144. The topological polar surface area (TPSA) is 77.6 Å². The molecule has 1 aromatic carbocycles. The standard InChI is InChI=1S/C12H8F4N4OS/c1-7-4-8(13)9(5-10(7)22(21)3-2-17)20-6-18-11(19-20)12(14,15)16/h4-6H,3H2,1H3. The summed E-state index contributed by atoms with van der Waals surface area (Å²) in [6.45, 7) is 1.49. The van der Waals surface area contributed by atoms with Crippen molar-refractivity contribution in [1.29, 1.82) is 5.26 Å². The predicted octanol–water partition coefficient (Wildman–Crippen LogP) is 2.36. The van der Waals surface area contributed by atoms with E-state index in [9.17, 15) is 22.1 Å². The first kappa shape index (κ1) is 16.3. The molecule has 10 heteroatoms. The van der Waals surface area contributed by atoms with Crippen LogP contribution in [0, 0.1) is 24.1 Å². The predicted molar refractivity (Wildman–Crippen MR) is 67.9 cm³/mol.